The first-order valence-corrected chi connectivity index (χ1v) is 42.2. The van der Waals surface area contributed by atoms with Gasteiger partial charge >= 0.3 is 11.9 Å². The van der Waals surface area contributed by atoms with Gasteiger partial charge in [0.15, 0.2) is 11.9 Å². The van der Waals surface area contributed by atoms with Crippen LogP contribution in [0.3, 0.4) is 0 Å². The lowest BCUT2D eigenvalue weighted by Gasteiger charge is -2.30. The highest BCUT2D eigenvalue weighted by Crippen LogP contribution is 2.20. The zero-order chi connectivity index (χ0) is 98.3. The van der Waals surface area contributed by atoms with Gasteiger partial charge in [0.05, 0.1) is 44.2 Å². The number of aliphatic carboxylic acids is 2. The number of aliphatic hydroxyl groups excluding tert-OH is 3. The number of likely N-dealkylation sites (tertiary alicyclic amines) is 1. The van der Waals surface area contributed by atoms with E-state index in [2.05, 4.69) is 79.8 Å². The summed E-state index contributed by atoms with van der Waals surface area (Å²) in [5.41, 5.74) is 23.3. The Morgan fingerprint density at radius 3 is 1.30 bits per heavy atom. The van der Waals surface area contributed by atoms with Gasteiger partial charge in [-0.25, -0.2) is 0 Å². The number of phenols is 1. The number of benzene rings is 2. The van der Waals surface area contributed by atoms with Crippen LogP contribution in [0.15, 0.2) is 54.6 Å². The highest BCUT2D eigenvalue weighted by atomic mass is 16.4. The minimum atomic E-state index is -2.19. The molecule has 1 fully saturated rings. The van der Waals surface area contributed by atoms with E-state index >= 15 is 0 Å². The zero-order valence-corrected chi connectivity index (χ0v) is 74.3. The van der Waals surface area contributed by atoms with Gasteiger partial charge in [-0.1, -0.05) is 90.4 Å². The number of carbonyl (C=O) groups excluding carboxylic acids is 17. The normalized spacial score (nSPS) is 16.4. The largest absolute Gasteiger partial charge is 0.508 e. The van der Waals surface area contributed by atoms with Crippen LogP contribution in [0.2, 0.25) is 0 Å². The van der Waals surface area contributed by atoms with E-state index in [-0.39, 0.29) is 82.7 Å². The molecule has 49 nitrogen and oxygen atoms in total. The Kier molecular flexibility index (Phi) is 46.6. The van der Waals surface area contributed by atoms with Crippen LogP contribution in [-0.4, -0.2) is 301 Å². The smallest absolute Gasteiger partial charge is 0.325 e. The number of amides is 17. The number of nitrogens with one attached hydrogen (secondary N) is 19. The predicted molar refractivity (Wildman–Crippen MR) is 463 cm³/mol. The van der Waals surface area contributed by atoms with Crippen LogP contribution in [0.4, 0.5) is 0 Å². The van der Waals surface area contributed by atoms with E-state index in [1.54, 1.807) is 71.9 Å². The van der Waals surface area contributed by atoms with Gasteiger partial charge < -0.3 is 149 Å². The van der Waals surface area contributed by atoms with Crippen molar-refractivity contribution in [1.29, 1.82) is 10.8 Å². The Morgan fingerprint density at radius 2 is 0.838 bits per heavy atom. The SMILES string of the molecule is CC[C@H](C)[C@H](NC(=O)[C@@H](NC(=O)[C@H](Cc1ccc(O)cc1)NC(=O)[C@H](CCCNC(=N)N)NC(=O)[C@H](CCCNC(=N)N)NC(=O)[C@@H]1CCCN1C(=O)CNC(=O)[C@H](CO)NC(=O)[C@H](CC(=O)O)NC(=O)[C@H](CC(N)=O)NC(=O)[C@H](C)NC(=O)[C@@H](NC(=O)[C@H](Cc1ccccc1)NC(=O)[C@@H](NC(=O)[C@@H](N)C(C)C)C(C)C)[C@@H](C)O)[C@@H](C)O)C(=O)N[C@@H](C)C(=O)N[C@@H](C)C(=O)O. The van der Waals surface area contributed by atoms with E-state index in [1.807, 2.05) is 10.6 Å². The molecule has 3 rings (SSSR count). The third kappa shape index (κ3) is 37.8. The average Bonchev–Trinajstić information content (AvgIpc) is 1.43. The number of rotatable bonds is 55. The van der Waals surface area contributed by atoms with Crippen molar-refractivity contribution < 1.29 is 122 Å². The Morgan fingerprint density at radius 1 is 0.438 bits per heavy atom. The number of primary amides is 1. The number of carbonyl (C=O) groups is 19. The highest BCUT2D eigenvalue weighted by Gasteiger charge is 2.42. The molecular formula is C81H128N24O25. The summed E-state index contributed by atoms with van der Waals surface area (Å²) in [5.74, 6) is -24.1. The highest BCUT2D eigenvalue weighted by molar-refractivity contribution is 6.02. The second kappa shape index (κ2) is 54.7. The van der Waals surface area contributed by atoms with E-state index < -0.39 is 277 Å². The molecule has 0 bridgehead atoms. The van der Waals surface area contributed by atoms with Crippen molar-refractivity contribution in [2.24, 2.45) is 40.7 Å². The molecule has 1 heterocycles. The van der Waals surface area contributed by atoms with Crippen LogP contribution in [0, 0.1) is 28.6 Å². The quantitative estimate of drug-likeness (QED) is 0.0166. The van der Waals surface area contributed by atoms with Crippen molar-refractivity contribution in [2.75, 3.05) is 32.8 Å². The maximum absolute atomic E-state index is 14.8. The van der Waals surface area contributed by atoms with Crippen LogP contribution in [-0.2, 0) is 104 Å². The van der Waals surface area contributed by atoms with Crippen molar-refractivity contribution in [3.8, 4) is 5.75 Å². The number of hydrogen-bond donors (Lipinski definition) is 29. The molecule has 1 saturated heterocycles. The summed E-state index contributed by atoms with van der Waals surface area (Å²) >= 11 is 0. The summed E-state index contributed by atoms with van der Waals surface area (Å²) in [6.45, 7) is 13.2. The molecule has 19 atom stereocenters. The molecule has 1 aliphatic heterocycles. The molecule has 33 N–H and O–H groups in total. The molecule has 49 heteroatoms. The maximum Gasteiger partial charge on any atom is 0.325 e. The lowest BCUT2D eigenvalue weighted by atomic mass is 9.97. The number of nitrogens with two attached hydrogens (primary N) is 4. The Labute approximate surface area is 749 Å². The fourth-order valence-electron chi connectivity index (χ4n) is 12.8. The number of carboxylic acids is 2. The molecule has 2 aromatic rings. The van der Waals surface area contributed by atoms with Crippen LogP contribution in [0.25, 0.3) is 0 Å². The number of nitrogens with zero attached hydrogens (tertiary/aromatic N) is 1. The van der Waals surface area contributed by atoms with Crippen LogP contribution >= 0.6 is 0 Å². The van der Waals surface area contributed by atoms with Crippen molar-refractivity contribution in [3.63, 3.8) is 0 Å². The summed E-state index contributed by atoms with van der Waals surface area (Å²) in [4.78, 5) is 260. The van der Waals surface area contributed by atoms with Gasteiger partial charge in [-0.05, 0) is 114 Å². The molecule has 0 unspecified atom stereocenters. The van der Waals surface area contributed by atoms with Gasteiger partial charge in [-0.2, -0.15) is 0 Å². The van der Waals surface area contributed by atoms with E-state index in [0.717, 1.165) is 25.7 Å². The third-order valence-electron chi connectivity index (χ3n) is 20.7. The van der Waals surface area contributed by atoms with E-state index in [9.17, 15) is 122 Å². The molecular weight excluding hydrogens is 1710 g/mol. The van der Waals surface area contributed by atoms with Crippen molar-refractivity contribution in [2.45, 2.75) is 256 Å². The van der Waals surface area contributed by atoms with Gasteiger partial charge in [0.1, 0.15) is 96.4 Å². The molecule has 0 saturated carbocycles. The summed E-state index contributed by atoms with van der Waals surface area (Å²) in [7, 11) is 0. The maximum atomic E-state index is 14.8. The molecule has 0 spiro atoms. The number of carboxylic acid groups (broad SMARTS) is 2. The van der Waals surface area contributed by atoms with Crippen molar-refractivity contribution in [3.05, 3.63) is 65.7 Å². The molecule has 0 aromatic heterocycles. The summed E-state index contributed by atoms with van der Waals surface area (Å²) < 4.78 is 0. The first-order valence-electron chi connectivity index (χ1n) is 42.2. The lowest BCUT2D eigenvalue weighted by Crippen LogP contribution is -2.62. The fraction of sp³-hybridized carbons (Fsp3) is 0.593. The zero-order valence-electron chi connectivity index (χ0n) is 74.3. The number of aliphatic hydroxyl groups is 3. The number of aromatic hydroxyl groups is 1. The molecule has 0 radical (unpaired) electrons. The minimum absolute atomic E-state index is 0.0103. The van der Waals surface area contributed by atoms with Crippen molar-refractivity contribution in [1.82, 2.24) is 95.3 Å². The first kappa shape index (κ1) is 111. The van der Waals surface area contributed by atoms with Crippen LogP contribution in [0.1, 0.15) is 145 Å². The second-order valence-corrected chi connectivity index (χ2v) is 32.2. The second-order valence-electron chi connectivity index (χ2n) is 32.2. The summed E-state index contributed by atoms with van der Waals surface area (Å²) in [6.07, 6.45) is -6.52. The summed E-state index contributed by atoms with van der Waals surface area (Å²) in [5, 5.41) is 118. The molecule has 17 amide bonds. The topological polar surface area (TPSA) is 805 Å². The predicted octanol–water partition coefficient (Wildman–Crippen LogP) is -9.47. The standard InChI is InChI=1S/C81H128N24O25/c1-12-39(6)61(76(126)91-40(7)64(114)93-42(9)79(129)130)102-78(128)63(44(11)108)104-71(121)50(32-46-24-26-47(109)27-25-46)97-68(118)48(21-16-28-88-80(84)85)94-67(117)49(22-17-29-89-81(86)87)95-73(123)55-23-18-30-105(55)57(111)35-90-66(116)54(36-106)100-70(120)53(34-58(112)113)98-69(119)52(33-56(82)110)96-65(115)41(8)92-77(127)62(43(10)107)103-72(122)51(31-45-19-14-13-15-20-45)99-75(125)60(38(4)5)101-74(124)59(83)37(2)3/h13-15,19-20,24-27,37-44,48-55,59-63,106-109H,12,16-18,21-23,28-36,83H2,1-11H3,(H2,82,110)(H,90,116)(H,91,126)(H,92,127)(H,93,114)(H,94,117)(H,95,123)(H,96,115)(H,97,118)(H,98,119)(H,99,125)(H,100,120)(H,101,124)(H,102,128)(H,103,122)(H,104,121)(H,112,113)(H,129,130)(H4,84,85,88)(H4,86,87,89)/t39-,40-,41-,42-,43+,44+,48-,49-,50-,51-,52-,53-,54-,55-,59-,60-,61-,62-,63-/m0/s1. The van der Waals surface area contributed by atoms with Gasteiger partial charge in [0, 0.05) is 32.5 Å². The fourth-order valence-corrected chi connectivity index (χ4v) is 12.8. The van der Waals surface area contributed by atoms with Crippen molar-refractivity contribution >= 4 is 124 Å². The molecule has 722 valence electrons. The van der Waals surface area contributed by atoms with Gasteiger partial charge in [-0.15, -0.1) is 0 Å². The number of hydrogen-bond acceptors (Lipinski definition) is 26. The Bertz CT molecular complexity index is 4300. The Hall–Kier alpha value is -13.4. The van der Waals surface area contributed by atoms with Crippen LogP contribution < -0.4 is 113 Å². The van der Waals surface area contributed by atoms with Crippen LogP contribution in [0.5, 0.6) is 5.75 Å². The first-order chi connectivity index (χ1) is 60.9. The monoisotopic (exact) mass is 1840 g/mol. The number of guanidine groups is 2. The third-order valence-corrected chi connectivity index (χ3v) is 20.7. The molecule has 2 aromatic carbocycles. The molecule has 0 aliphatic carbocycles. The Balaban J connectivity index is 1.86. The van der Waals surface area contributed by atoms with E-state index in [1.165, 1.54) is 38.1 Å². The van der Waals surface area contributed by atoms with Gasteiger partial charge in [0.25, 0.3) is 0 Å². The summed E-state index contributed by atoms with van der Waals surface area (Å²) in [6, 6.07) is -12.1. The van der Waals surface area contributed by atoms with Gasteiger partial charge in [-0.3, -0.25) is 102 Å². The average molecular weight is 1840 g/mol. The van der Waals surface area contributed by atoms with Gasteiger partial charge in [0.2, 0.25) is 100 Å². The number of phenolic OH excluding ortho intramolecular Hbond substituents is 1. The molecule has 1 aliphatic rings. The minimum Gasteiger partial charge on any atom is -0.508 e. The molecule has 130 heavy (non-hydrogen) atoms. The van der Waals surface area contributed by atoms with E-state index in [4.69, 9.17) is 33.8 Å². The van der Waals surface area contributed by atoms with E-state index in [0.29, 0.717) is 11.1 Å². The lowest BCUT2D eigenvalue weighted by molar-refractivity contribution is -0.142.